The van der Waals surface area contributed by atoms with Crippen LogP contribution in [0.4, 0.5) is 0 Å². The lowest BCUT2D eigenvalue weighted by Gasteiger charge is -2.39. The van der Waals surface area contributed by atoms with Crippen LogP contribution in [0.25, 0.3) is 11.1 Å². The predicted molar refractivity (Wildman–Crippen MR) is 125 cm³/mol. The highest BCUT2D eigenvalue weighted by Gasteiger charge is 2.35. The van der Waals surface area contributed by atoms with Gasteiger partial charge in [-0.2, -0.15) is 4.31 Å². The second-order valence-corrected chi connectivity index (χ2v) is 11.1. The molecule has 6 nitrogen and oxygen atoms in total. The summed E-state index contributed by atoms with van der Waals surface area (Å²) in [6, 6.07) is 15.2. The highest BCUT2D eigenvalue weighted by molar-refractivity contribution is 7.89. The van der Waals surface area contributed by atoms with Crippen molar-refractivity contribution in [3.63, 3.8) is 0 Å². The van der Waals surface area contributed by atoms with Gasteiger partial charge in [-0.15, -0.1) is 0 Å². The number of para-hydroxylation sites is 2. The first-order valence-electron chi connectivity index (χ1n) is 11.7. The summed E-state index contributed by atoms with van der Waals surface area (Å²) in [5, 5.41) is 0. The maximum absolute atomic E-state index is 13.4. The third-order valence-corrected chi connectivity index (χ3v) is 8.83. The van der Waals surface area contributed by atoms with E-state index in [2.05, 4.69) is 9.88 Å². The first kappa shape index (κ1) is 21.6. The lowest BCUT2D eigenvalue weighted by atomic mass is 9.95. The molecule has 5 rings (SSSR count). The number of oxazole rings is 1. The lowest BCUT2D eigenvalue weighted by molar-refractivity contribution is 0.139. The quantitative estimate of drug-likeness (QED) is 0.567. The number of nitrogens with zero attached hydrogens (tertiary/aromatic N) is 3. The molecule has 0 spiro atoms. The normalized spacial score (nSPS) is 21.8. The SMILES string of the molecule is Cc1cccc(S(=O)(=O)N2CCCCC2CN2CCC(c3nc4ccccc4o3)CC2)c1. The largest absolute Gasteiger partial charge is 0.440 e. The van der Waals surface area contributed by atoms with Crippen LogP contribution in [-0.2, 0) is 10.0 Å². The number of likely N-dealkylation sites (tertiary alicyclic amines) is 1. The van der Waals surface area contributed by atoms with Gasteiger partial charge < -0.3 is 9.32 Å². The van der Waals surface area contributed by atoms with E-state index in [0.29, 0.717) is 17.4 Å². The van der Waals surface area contributed by atoms with E-state index in [1.165, 1.54) is 0 Å². The Morgan fingerprint density at radius 3 is 2.59 bits per heavy atom. The molecule has 0 saturated carbocycles. The van der Waals surface area contributed by atoms with Gasteiger partial charge in [-0.05, 0) is 75.5 Å². The number of fused-ring (bicyclic) bond motifs is 1. The number of sulfonamides is 1. The Morgan fingerprint density at radius 1 is 1.00 bits per heavy atom. The summed E-state index contributed by atoms with van der Waals surface area (Å²) in [6.07, 6.45) is 4.93. The Hall–Kier alpha value is -2.22. The molecule has 2 aliphatic heterocycles. The van der Waals surface area contributed by atoms with Crippen LogP contribution in [0, 0.1) is 6.92 Å². The Labute approximate surface area is 190 Å². The van der Waals surface area contributed by atoms with Gasteiger partial charge in [0.15, 0.2) is 11.5 Å². The summed E-state index contributed by atoms with van der Waals surface area (Å²) in [6.45, 7) is 5.23. The fraction of sp³-hybridized carbons (Fsp3) is 0.480. The molecule has 0 N–H and O–H groups in total. The van der Waals surface area contributed by atoms with Crippen LogP contribution >= 0.6 is 0 Å². The molecule has 7 heteroatoms. The molecule has 170 valence electrons. The Morgan fingerprint density at radius 2 is 1.81 bits per heavy atom. The van der Waals surface area contributed by atoms with Crippen molar-refractivity contribution >= 4 is 21.1 Å². The number of hydrogen-bond acceptors (Lipinski definition) is 5. The zero-order chi connectivity index (χ0) is 22.1. The van der Waals surface area contributed by atoms with Crippen molar-refractivity contribution < 1.29 is 12.8 Å². The maximum atomic E-state index is 13.4. The summed E-state index contributed by atoms with van der Waals surface area (Å²) < 4.78 is 34.6. The molecule has 3 heterocycles. The highest BCUT2D eigenvalue weighted by Crippen LogP contribution is 2.32. The molecule has 2 saturated heterocycles. The molecule has 2 fully saturated rings. The minimum absolute atomic E-state index is 0.0372. The minimum atomic E-state index is -3.47. The van der Waals surface area contributed by atoms with E-state index in [0.717, 1.165) is 74.3 Å². The zero-order valence-corrected chi connectivity index (χ0v) is 19.4. The van der Waals surface area contributed by atoms with Crippen molar-refractivity contribution in [1.29, 1.82) is 0 Å². The Bertz CT molecular complexity index is 1150. The van der Waals surface area contributed by atoms with Gasteiger partial charge in [0.25, 0.3) is 0 Å². The van der Waals surface area contributed by atoms with Gasteiger partial charge in [0.1, 0.15) is 5.52 Å². The molecule has 0 aliphatic carbocycles. The van der Waals surface area contributed by atoms with Gasteiger partial charge >= 0.3 is 0 Å². The summed E-state index contributed by atoms with van der Waals surface area (Å²) in [7, 11) is -3.47. The van der Waals surface area contributed by atoms with Gasteiger partial charge in [0, 0.05) is 25.0 Å². The second-order valence-electron chi connectivity index (χ2n) is 9.18. The lowest BCUT2D eigenvalue weighted by Crippen LogP contribution is -2.50. The number of piperidine rings is 2. The van der Waals surface area contributed by atoms with E-state index in [-0.39, 0.29) is 6.04 Å². The number of aryl methyl sites for hydroxylation is 1. The third-order valence-electron chi connectivity index (χ3n) is 6.89. The molecule has 32 heavy (non-hydrogen) atoms. The second kappa shape index (κ2) is 8.96. The monoisotopic (exact) mass is 453 g/mol. The van der Waals surface area contributed by atoms with Crippen molar-refractivity contribution in [1.82, 2.24) is 14.2 Å². The van der Waals surface area contributed by atoms with Crippen molar-refractivity contribution in [2.45, 2.75) is 55.9 Å². The van der Waals surface area contributed by atoms with E-state index in [1.807, 2.05) is 43.3 Å². The number of hydrogen-bond donors (Lipinski definition) is 0. The third kappa shape index (κ3) is 4.34. The van der Waals surface area contributed by atoms with E-state index < -0.39 is 10.0 Å². The van der Waals surface area contributed by atoms with Crippen molar-refractivity contribution in [3.05, 3.63) is 60.0 Å². The van der Waals surface area contributed by atoms with Crippen molar-refractivity contribution in [3.8, 4) is 0 Å². The summed E-state index contributed by atoms with van der Waals surface area (Å²) in [5.74, 6) is 1.17. The Balaban J connectivity index is 1.25. The van der Waals surface area contributed by atoms with Gasteiger partial charge in [-0.1, -0.05) is 30.7 Å². The van der Waals surface area contributed by atoms with Crippen LogP contribution in [0.1, 0.15) is 49.5 Å². The summed E-state index contributed by atoms with van der Waals surface area (Å²) >= 11 is 0. The summed E-state index contributed by atoms with van der Waals surface area (Å²) in [4.78, 5) is 7.53. The minimum Gasteiger partial charge on any atom is -0.440 e. The molecule has 0 radical (unpaired) electrons. The van der Waals surface area contributed by atoms with Crippen LogP contribution in [0.2, 0.25) is 0 Å². The topological polar surface area (TPSA) is 66.7 Å². The average Bonchev–Trinajstić information content (AvgIpc) is 3.24. The first-order chi connectivity index (χ1) is 15.5. The number of rotatable bonds is 5. The fourth-order valence-electron chi connectivity index (χ4n) is 5.11. The number of aromatic nitrogens is 1. The van der Waals surface area contributed by atoms with E-state index >= 15 is 0 Å². The Kier molecular flexibility index (Phi) is 6.05. The molecule has 1 unspecified atom stereocenters. The highest BCUT2D eigenvalue weighted by atomic mass is 32.2. The fourth-order valence-corrected chi connectivity index (χ4v) is 6.90. The molecule has 2 aromatic carbocycles. The standard InChI is InChI=1S/C25H31N3O3S/c1-19-7-6-9-22(17-19)32(29,30)28-14-5-4-8-21(28)18-27-15-12-20(13-16-27)25-26-23-10-2-3-11-24(23)31-25/h2-3,6-7,9-11,17,20-21H,4-5,8,12-16,18H2,1H3. The van der Waals surface area contributed by atoms with Crippen LogP contribution < -0.4 is 0 Å². The van der Waals surface area contributed by atoms with Crippen LogP contribution in [0.5, 0.6) is 0 Å². The number of benzene rings is 2. The van der Waals surface area contributed by atoms with E-state index in [4.69, 9.17) is 4.42 Å². The smallest absolute Gasteiger partial charge is 0.243 e. The predicted octanol–water partition coefficient (Wildman–Crippen LogP) is 4.56. The molecular weight excluding hydrogens is 422 g/mol. The van der Waals surface area contributed by atoms with Gasteiger partial charge in [0.2, 0.25) is 10.0 Å². The summed E-state index contributed by atoms with van der Waals surface area (Å²) in [5.41, 5.74) is 2.74. The molecular formula is C25H31N3O3S. The zero-order valence-electron chi connectivity index (χ0n) is 18.6. The van der Waals surface area contributed by atoms with Gasteiger partial charge in [-0.25, -0.2) is 13.4 Å². The van der Waals surface area contributed by atoms with E-state index in [9.17, 15) is 8.42 Å². The van der Waals surface area contributed by atoms with Crippen LogP contribution in [0.3, 0.4) is 0 Å². The molecule has 0 bridgehead atoms. The molecule has 2 aliphatic rings. The van der Waals surface area contributed by atoms with Gasteiger partial charge in [-0.3, -0.25) is 0 Å². The molecule has 1 atom stereocenters. The molecule has 0 amide bonds. The maximum Gasteiger partial charge on any atom is 0.243 e. The van der Waals surface area contributed by atoms with Crippen LogP contribution in [-0.4, -0.2) is 54.8 Å². The van der Waals surface area contributed by atoms with Crippen molar-refractivity contribution in [2.24, 2.45) is 0 Å². The van der Waals surface area contributed by atoms with Crippen LogP contribution in [0.15, 0.2) is 57.8 Å². The average molecular weight is 454 g/mol. The van der Waals surface area contributed by atoms with Crippen molar-refractivity contribution in [2.75, 3.05) is 26.2 Å². The first-order valence-corrected chi connectivity index (χ1v) is 13.1. The molecule has 1 aromatic heterocycles. The molecule has 3 aromatic rings. The van der Waals surface area contributed by atoms with E-state index in [1.54, 1.807) is 16.4 Å². The van der Waals surface area contributed by atoms with Gasteiger partial charge in [0.05, 0.1) is 4.90 Å².